The van der Waals surface area contributed by atoms with E-state index in [1.165, 1.54) is 17.5 Å². The smallest absolute Gasteiger partial charge is 0.0208 e. The largest absolute Gasteiger partial charge is 0.312 e. The van der Waals surface area contributed by atoms with E-state index in [-0.39, 0.29) is 0 Å². The van der Waals surface area contributed by atoms with E-state index in [0.29, 0.717) is 0 Å². The highest BCUT2D eigenvalue weighted by atomic mass is 14.9. The second-order valence-electron chi connectivity index (χ2n) is 3.14. The molecule has 2 rings (SSSR count). The van der Waals surface area contributed by atoms with Gasteiger partial charge in [0.05, 0.1) is 0 Å². The number of hydrogen-bond donors (Lipinski definition) is 1. The van der Waals surface area contributed by atoms with Crippen LogP contribution in [0.5, 0.6) is 0 Å². The molecule has 0 radical (unpaired) electrons. The molecule has 13 heavy (non-hydrogen) atoms. The molecule has 1 aromatic rings. The summed E-state index contributed by atoms with van der Waals surface area (Å²) in [4.78, 5) is 0. The van der Waals surface area contributed by atoms with Crippen molar-refractivity contribution in [3.8, 4) is 0 Å². The predicted molar refractivity (Wildman–Crippen MR) is 57.9 cm³/mol. The van der Waals surface area contributed by atoms with Crippen LogP contribution in [0.4, 0.5) is 0 Å². The van der Waals surface area contributed by atoms with Gasteiger partial charge in [-0.2, -0.15) is 0 Å². The lowest BCUT2D eigenvalue weighted by Gasteiger charge is -2.18. The summed E-state index contributed by atoms with van der Waals surface area (Å²) in [5.74, 6) is 0. The zero-order valence-corrected chi connectivity index (χ0v) is 8.85. The standard InChI is InChI=1S/C10H13N.C2H6/c1-8-3-2-4-9-7-11-6-5-10(8)9;1-2/h2-4,11H,5-7H2,1H3;1-2H3. The van der Waals surface area contributed by atoms with Crippen LogP contribution in [-0.4, -0.2) is 6.54 Å². The zero-order chi connectivity index (χ0) is 9.68. The van der Waals surface area contributed by atoms with E-state index in [9.17, 15) is 0 Å². The second-order valence-corrected chi connectivity index (χ2v) is 3.14. The molecule has 1 nitrogen and oxygen atoms in total. The lowest BCUT2D eigenvalue weighted by atomic mass is 9.97. The Morgan fingerprint density at radius 3 is 2.69 bits per heavy atom. The summed E-state index contributed by atoms with van der Waals surface area (Å²) in [6, 6.07) is 6.56. The van der Waals surface area contributed by atoms with Crippen LogP contribution in [0.25, 0.3) is 0 Å². The molecule has 1 N–H and O–H groups in total. The lowest BCUT2D eigenvalue weighted by Crippen LogP contribution is -2.24. The predicted octanol–water partition coefficient (Wildman–Crippen LogP) is 2.67. The Labute approximate surface area is 81.2 Å². The van der Waals surface area contributed by atoms with Crippen LogP contribution in [0.2, 0.25) is 0 Å². The maximum atomic E-state index is 3.37. The van der Waals surface area contributed by atoms with Gasteiger partial charge in [-0.15, -0.1) is 0 Å². The quantitative estimate of drug-likeness (QED) is 0.642. The topological polar surface area (TPSA) is 12.0 Å². The fraction of sp³-hybridized carbons (Fsp3) is 0.500. The molecule has 0 atom stereocenters. The molecule has 1 aliphatic rings. The van der Waals surface area contributed by atoms with Crippen LogP contribution in [0, 0.1) is 6.92 Å². The molecule has 1 aromatic carbocycles. The molecule has 0 saturated carbocycles. The molecule has 72 valence electrons. The molecular formula is C12H19N. The van der Waals surface area contributed by atoms with Gasteiger partial charge in [-0.3, -0.25) is 0 Å². The summed E-state index contributed by atoms with van der Waals surface area (Å²) in [6.07, 6.45) is 1.20. The minimum atomic E-state index is 1.05. The van der Waals surface area contributed by atoms with Crippen LogP contribution in [-0.2, 0) is 13.0 Å². The summed E-state index contributed by atoms with van der Waals surface area (Å²) in [6.45, 7) is 8.39. The zero-order valence-electron chi connectivity index (χ0n) is 8.85. The summed E-state index contributed by atoms with van der Waals surface area (Å²) in [7, 11) is 0. The SMILES string of the molecule is CC.Cc1cccc2c1CCNC2. The van der Waals surface area contributed by atoms with E-state index in [2.05, 4.69) is 30.4 Å². The average Bonchev–Trinajstić information content (AvgIpc) is 2.22. The number of hydrogen-bond acceptors (Lipinski definition) is 1. The monoisotopic (exact) mass is 177 g/mol. The van der Waals surface area contributed by atoms with Gasteiger partial charge in [0.2, 0.25) is 0 Å². The first-order chi connectivity index (χ1) is 6.38. The Morgan fingerprint density at radius 1 is 1.23 bits per heavy atom. The third-order valence-electron chi connectivity index (χ3n) is 2.37. The highest BCUT2D eigenvalue weighted by molar-refractivity contribution is 5.35. The third-order valence-corrected chi connectivity index (χ3v) is 2.37. The van der Waals surface area contributed by atoms with E-state index in [4.69, 9.17) is 0 Å². The molecule has 0 saturated heterocycles. The number of nitrogens with one attached hydrogen (secondary N) is 1. The van der Waals surface area contributed by atoms with Gasteiger partial charge in [0.1, 0.15) is 0 Å². The molecule has 1 aliphatic heterocycles. The Balaban J connectivity index is 0.000000396. The molecule has 0 amide bonds. The molecule has 1 heteroatoms. The fourth-order valence-electron chi connectivity index (χ4n) is 1.72. The number of rotatable bonds is 0. The number of benzene rings is 1. The van der Waals surface area contributed by atoms with E-state index >= 15 is 0 Å². The highest BCUT2D eigenvalue weighted by Crippen LogP contribution is 2.16. The van der Waals surface area contributed by atoms with Crippen molar-refractivity contribution in [1.82, 2.24) is 5.32 Å². The molecule has 0 fully saturated rings. The van der Waals surface area contributed by atoms with Crippen molar-refractivity contribution in [2.75, 3.05) is 6.54 Å². The molecule has 0 aliphatic carbocycles. The van der Waals surface area contributed by atoms with Crippen molar-refractivity contribution in [3.63, 3.8) is 0 Å². The van der Waals surface area contributed by atoms with Crippen molar-refractivity contribution in [1.29, 1.82) is 0 Å². The van der Waals surface area contributed by atoms with Gasteiger partial charge in [-0.25, -0.2) is 0 Å². The molecular weight excluding hydrogens is 158 g/mol. The van der Waals surface area contributed by atoms with Crippen LogP contribution in [0.1, 0.15) is 30.5 Å². The Kier molecular flexibility index (Phi) is 3.97. The van der Waals surface area contributed by atoms with Gasteiger partial charge >= 0.3 is 0 Å². The minimum absolute atomic E-state index is 1.05. The maximum Gasteiger partial charge on any atom is 0.0208 e. The first kappa shape index (κ1) is 10.3. The normalized spacial score (nSPS) is 14.1. The van der Waals surface area contributed by atoms with E-state index in [1.807, 2.05) is 13.8 Å². The van der Waals surface area contributed by atoms with E-state index < -0.39 is 0 Å². The van der Waals surface area contributed by atoms with Crippen molar-refractivity contribution < 1.29 is 0 Å². The molecule has 0 aromatic heterocycles. The number of fused-ring (bicyclic) bond motifs is 1. The minimum Gasteiger partial charge on any atom is -0.312 e. The molecule has 0 bridgehead atoms. The van der Waals surface area contributed by atoms with Crippen LogP contribution in [0.15, 0.2) is 18.2 Å². The van der Waals surface area contributed by atoms with E-state index in [0.717, 1.165) is 13.1 Å². The van der Waals surface area contributed by atoms with Crippen LogP contribution in [0.3, 0.4) is 0 Å². The molecule has 0 spiro atoms. The Hall–Kier alpha value is -0.820. The second kappa shape index (κ2) is 5.03. The van der Waals surface area contributed by atoms with Crippen molar-refractivity contribution in [2.24, 2.45) is 0 Å². The van der Waals surface area contributed by atoms with Gasteiger partial charge in [0.15, 0.2) is 0 Å². The van der Waals surface area contributed by atoms with E-state index in [1.54, 1.807) is 5.56 Å². The summed E-state index contributed by atoms with van der Waals surface area (Å²) in [5.41, 5.74) is 4.49. The molecule has 0 unspecified atom stereocenters. The van der Waals surface area contributed by atoms with Crippen molar-refractivity contribution in [3.05, 3.63) is 34.9 Å². The van der Waals surface area contributed by atoms with Crippen LogP contribution >= 0.6 is 0 Å². The first-order valence-corrected chi connectivity index (χ1v) is 5.16. The van der Waals surface area contributed by atoms with Gasteiger partial charge in [0, 0.05) is 6.54 Å². The third kappa shape index (κ3) is 2.31. The fourth-order valence-corrected chi connectivity index (χ4v) is 1.72. The summed E-state index contributed by atoms with van der Waals surface area (Å²) < 4.78 is 0. The van der Waals surface area contributed by atoms with Gasteiger partial charge in [-0.05, 0) is 36.6 Å². The lowest BCUT2D eigenvalue weighted by molar-refractivity contribution is 0.641. The Morgan fingerprint density at radius 2 is 2.00 bits per heavy atom. The maximum absolute atomic E-state index is 3.37. The van der Waals surface area contributed by atoms with Crippen molar-refractivity contribution >= 4 is 0 Å². The molecule has 1 heterocycles. The first-order valence-electron chi connectivity index (χ1n) is 5.16. The van der Waals surface area contributed by atoms with Crippen LogP contribution < -0.4 is 5.32 Å². The average molecular weight is 177 g/mol. The summed E-state index contributed by atoms with van der Waals surface area (Å²) >= 11 is 0. The van der Waals surface area contributed by atoms with Crippen molar-refractivity contribution in [2.45, 2.75) is 33.7 Å². The van der Waals surface area contributed by atoms with Gasteiger partial charge in [0.25, 0.3) is 0 Å². The van der Waals surface area contributed by atoms with Gasteiger partial charge in [-0.1, -0.05) is 32.0 Å². The number of aryl methyl sites for hydroxylation is 1. The van der Waals surface area contributed by atoms with Gasteiger partial charge < -0.3 is 5.32 Å². The highest BCUT2D eigenvalue weighted by Gasteiger charge is 2.08. The Bertz CT molecular complexity index is 266. The summed E-state index contributed by atoms with van der Waals surface area (Å²) in [5, 5.41) is 3.37.